The summed E-state index contributed by atoms with van der Waals surface area (Å²) in [4.78, 5) is 39.0. The van der Waals surface area contributed by atoms with Crippen LogP contribution in [-0.2, 0) is 9.53 Å². The predicted octanol–water partition coefficient (Wildman–Crippen LogP) is 1.26. The molecule has 0 spiro atoms. The van der Waals surface area contributed by atoms with Crippen molar-refractivity contribution in [1.82, 2.24) is 4.90 Å². The first kappa shape index (κ1) is 20.0. The number of nitrogens with one attached hydrogen (secondary N) is 1. The van der Waals surface area contributed by atoms with E-state index in [-0.39, 0.29) is 31.3 Å². The molecular weight excluding hydrogens is 393 g/mol. The van der Waals surface area contributed by atoms with Crippen LogP contribution in [0.25, 0.3) is 0 Å². The summed E-state index contributed by atoms with van der Waals surface area (Å²) in [7, 11) is 0. The van der Waals surface area contributed by atoms with Gasteiger partial charge in [-0.1, -0.05) is 12.1 Å². The number of hydrogen-bond acceptors (Lipinski definition) is 6. The Morgan fingerprint density at radius 2 is 1.80 bits per heavy atom. The van der Waals surface area contributed by atoms with Crippen molar-refractivity contribution in [2.45, 2.75) is 6.10 Å². The molecule has 0 saturated carbocycles. The number of β-amino-alcohol motifs (C(OH)–C–C–N with tert-alkyl or cyclic N) is 1. The Morgan fingerprint density at radius 1 is 1.10 bits per heavy atom. The van der Waals surface area contributed by atoms with Gasteiger partial charge in [-0.15, -0.1) is 0 Å². The number of nitrogens with zero attached hydrogens (tertiary/aromatic N) is 2. The second-order valence-corrected chi connectivity index (χ2v) is 7.06. The molecule has 9 heteroatoms. The molecule has 1 atom stereocenters. The molecule has 2 N–H and O–H groups in total. The van der Waals surface area contributed by atoms with Gasteiger partial charge in [0.2, 0.25) is 0 Å². The quantitative estimate of drug-likeness (QED) is 0.692. The third-order valence-electron chi connectivity index (χ3n) is 5.05. The standard InChI is InChI=1S/C21H20FN3O5/c22-17-9-13(24-7-8-30-12-19(24)27)5-6-18(17)23-10-14(26)11-25-20(28)15-3-1-2-4-16(15)21(25)29/h1-6,9,14,23,26H,7-8,10-12H2/t14-/m1/s1. The van der Waals surface area contributed by atoms with E-state index in [2.05, 4.69) is 5.32 Å². The van der Waals surface area contributed by atoms with Gasteiger partial charge in [-0.2, -0.15) is 0 Å². The van der Waals surface area contributed by atoms with E-state index in [1.54, 1.807) is 30.3 Å². The molecule has 2 aliphatic heterocycles. The van der Waals surface area contributed by atoms with Gasteiger partial charge < -0.3 is 20.1 Å². The van der Waals surface area contributed by atoms with Crippen LogP contribution in [0.4, 0.5) is 15.8 Å². The molecule has 30 heavy (non-hydrogen) atoms. The fraction of sp³-hybridized carbons (Fsp3) is 0.286. The highest BCUT2D eigenvalue weighted by Gasteiger charge is 2.36. The van der Waals surface area contributed by atoms with Gasteiger partial charge in [0, 0.05) is 18.8 Å². The first-order valence-electron chi connectivity index (χ1n) is 9.50. The molecule has 3 amide bonds. The lowest BCUT2D eigenvalue weighted by atomic mass is 10.1. The van der Waals surface area contributed by atoms with E-state index < -0.39 is 23.7 Å². The SMILES string of the molecule is O=C1c2ccccc2C(=O)N1C[C@H](O)CNc1ccc(N2CCOCC2=O)cc1F. The van der Waals surface area contributed by atoms with Crippen molar-refractivity contribution in [3.63, 3.8) is 0 Å². The van der Waals surface area contributed by atoms with E-state index in [1.807, 2.05) is 0 Å². The molecular formula is C21H20FN3O5. The summed E-state index contributed by atoms with van der Waals surface area (Å²) in [5, 5.41) is 13.0. The lowest BCUT2D eigenvalue weighted by Crippen LogP contribution is -2.41. The zero-order valence-corrected chi connectivity index (χ0v) is 16.0. The summed E-state index contributed by atoms with van der Waals surface area (Å²) < 4.78 is 19.5. The van der Waals surface area contributed by atoms with E-state index >= 15 is 0 Å². The predicted molar refractivity (Wildman–Crippen MR) is 106 cm³/mol. The van der Waals surface area contributed by atoms with Gasteiger partial charge in [-0.05, 0) is 30.3 Å². The Morgan fingerprint density at radius 3 is 2.43 bits per heavy atom. The second-order valence-electron chi connectivity index (χ2n) is 7.06. The molecule has 2 aromatic carbocycles. The average molecular weight is 413 g/mol. The fourth-order valence-electron chi connectivity index (χ4n) is 3.51. The number of carbonyl (C=O) groups is 3. The second kappa shape index (κ2) is 8.21. The topological polar surface area (TPSA) is 99.2 Å². The minimum Gasteiger partial charge on any atom is -0.389 e. The lowest BCUT2D eigenvalue weighted by Gasteiger charge is -2.27. The molecule has 0 radical (unpaired) electrons. The van der Waals surface area contributed by atoms with E-state index in [0.717, 1.165) is 4.90 Å². The molecule has 1 fully saturated rings. The maximum atomic E-state index is 14.5. The highest BCUT2D eigenvalue weighted by Crippen LogP contribution is 2.24. The Bertz CT molecular complexity index is 977. The van der Waals surface area contributed by atoms with Crippen LogP contribution in [0, 0.1) is 5.82 Å². The van der Waals surface area contributed by atoms with Gasteiger partial charge in [0.05, 0.1) is 36.1 Å². The third kappa shape index (κ3) is 3.77. The van der Waals surface area contributed by atoms with Gasteiger partial charge in [-0.3, -0.25) is 19.3 Å². The summed E-state index contributed by atoms with van der Waals surface area (Å²) in [6.45, 7) is 0.425. The van der Waals surface area contributed by atoms with Crippen LogP contribution in [0.1, 0.15) is 20.7 Å². The first-order valence-corrected chi connectivity index (χ1v) is 9.50. The number of imide groups is 1. The number of aliphatic hydroxyl groups excluding tert-OH is 1. The molecule has 2 aromatic rings. The summed E-state index contributed by atoms with van der Waals surface area (Å²) in [5.41, 5.74) is 1.18. The van der Waals surface area contributed by atoms with Crippen LogP contribution in [0.3, 0.4) is 0 Å². The van der Waals surface area contributed by atoms with Crippen LogP contribution in [0.15, 0.2) is 42.5 Å². The third-order valence-corrected chi connectivity index (χ3v) is 5.05. The number of fused-ring (bicyclic) bond motifs is 1. The number of hydrogen-bond donors (Lipinski definition) is 2. The van der Waals surface area contributed by atoms with Crippen molar-refractivity contribution in [2.24, 2.45) is 0 Å². The molecule has 1 saturated heterocycles. The first-order chi connectivity index (χ1) is 14.5. The Balaban J connectivity index is 1.36. The van der Waals surface area contributed by atoms with Gasteiger partial charge in [0.15, 0.2) is 0 Å². The number of ether oxygens (including phenoxy) is 1. The largest absolute Gasteiger partial charge is 0.389 e. The number of aliphatic hydroxyl groups is 1. The van der Waals surface area contributed by atoms with E-state index in [0.29, 0.717) is 30.0 Å². The Hall–Kier alpha value is -3.30. The number of halogens is 1. The number of benzene rings is 2. The Kier molecular flexibility index (Phi) is 5.47. The van der Waals surface area contributed by atoms with Gasteiger partial charge >= 0.3 is 0 Å². The molecule has 8 nitrogen and oxygen atoms in total. The van der Waals surface area contributed by atoms with Crippen LogP contribution in [0.2, 0.25) is 0 Å². The monoisotopic (exact) mass is 413 g/mol. The van der Waals surface area contributed by atoms with Crippen LogP contribution >= 0.6 is 0 Å². The van der Waals surface area contributed by atoms with Gasteiger partial charge in [0.25, 0.3) is 17.7 Å². The molecule has 156 valence electrons. The molecule has 2 aliphatic rings. The average Bonchev–Trinajstić information content (AvgIpc) is 2.98. The summed E-state index contributed by atoms with van der Waals surface area (Å²) in [5.74, 6) is -1.74. The smallest absolute Gasteiger partial charge is 0.261 e. The molecule has 0 unspecified atom stereocenters. The van der Waals surface area contributed by atoms with Crippen molar-refractivity contribution in [3.8, 4) is 0 Å². The molecule has 4 rings (SSSR count). The zero-order valence-electron chi connectivity index (χ0n) is 16.0. The molecule has 0 bridgehead atoms. The zero-order chi connectivity index (χ0) is 21.3. The van der Waals surface area contributed by atoms with Crippen molar-refractivity contribution in [3.05, 3.63) is 59.4 Å². The fourth-order valence-corrected chi connectivity index (χ4v) is 3.51. The number of amides is 3. The highest BCUT2D eigenvalue weighted by molar-refractivity contribution is 6.21. The lowest BCUT2D eigenvalue weighted by molar-refractivity contribution is -0.125. The maximum absolute atomic E-state index is 14.5. The van der Waals surface area contributed by atoms with E-state index in [4.69, 9.17) is 4.74 Å². The number of rotatable bonds is 6. The van der Waals surface area contributed by atoms with Crippen LogP contribution in [0.5, 0.6) is 0 Å². The van der Waals surface area contributed by atoms with Gasteiger partial charge in [-0.25, -0.2) is 4.39 Å². The van der Waals surface area contributed by atoms with Crippen molar-refractivity contribution in [1.29, 1.82) is 0 Å². The minimum absolute atomic E-state index is 0.0361. The van der Waals surface area contributed by atoms with E-state index in [9.17, 15) is 23.9 Å². The molecule has 0 aliphatic carbocycles. The van der Waals surface area contributed by atoms with E-state index in [1.165, 1.54) is 17.0 Å². The van der Waals surface area contributed by atoms with Gasteiger partial charge in [0.1, 0.15) is 12.4 Å². The normalized spacial score (nSPS) is 17.3. The van der Waals surface area contributed by atoms with Crippen LogP contribution < -0.4 is 10.2 Å². The molecule has 2 heterocycles. The minimum atomic E-state index is -1.09. The summed E-state index contributed by atoms with van der Waals surface area (Å²) in [6, 6.07) is 10.8. The van der Waals surface area contributed by atoms with Crippen molar-refractivity contribution < 1.29 is 28.6 Å². The Labute approximate surface area is 171 Å². The van der Waals surface area contributed by atoms with Crippen molar-refractivity contribution >= 4 is 29.1 Å². The summed E-state index contributed by atoms with van der Waals surface area (Å²) >= 11 is 0. The number of carbonyl (C=O) groups excluding carboxylic acids is 3. The highest BCUT2D eigenvalue weighted by atomic mass is 19.1. The summed E-state index contributed by atoms with van der Waals surface area (Å²) in [6.07, 6.45) is -1.09. The maximum Gasteiger partial charge on any atom is 0.261 e. The van der Waals surface area contributed by atoms with Crippen molar-refractivity contribution in [2.75, 3.05) is 43.1 Å². The van der Waals surface area contributed by atoms with Crippen LogP contribution in [-0.4, -0.2) is 66.7 Å². The number of anilines is 2. The molecule has 0 aromatic heterocycles. The number of morpholine rings is 1.